The van der Waals surface area contributed by atoms with Gasteiger partial charge in [0.2, 0.25) is 5.91 Å². The minimum atomic E-state index is -3.81. The van der Waals surface area contributed by atoms with Gasteiger partial charge in [-0.1, -0.05) is 25.1 Å². The van der Waals surface area contributed by atoms with Crippen molar-refractivity contribution in [3.05, 3.63) is 53.6 Å². The van der Waals surface area contributed by atoms with E-state index in [1.165, 1.54) is 7.11 Å². The van der Waals surface area contributed by atoms with Crippen molar-refractivity contribution in [2.24, 2.45) is 0 Å². The van der Waals surface area contributed by atoms with E-state index in [2.05, 4.69) is 4.72 Å². The third-order valence-electron chi connectivity index (χ3n) is 4.85. The molecule has 0 spiro atoms. The summed E-state index contributed by atoms with van der Waals surface area (Å²) in [7, 11) is -2.36. The molecule has 29 heavy (non-hydrogen) atoms. The maximum Gasteiger partial charge on any atom is 0.265 e. The first-order valence-corrected chi connectivity index (χ1v) is 11.1. The lowest BCUT2D eigenvalue weighted by Crippen LogP contribution is -2.41. The minimum absolute atomic E-state index is 0.0442. The Kier molecular flexibility index (Phi) is 6.76. The topological polar surface area (TPSA) is 84.9 Å². The number of ether oxygens (including phenoxy) is 2. The minimum Gasteiger partial charge on any atom is -0.495 e. The Morgan fingerprint density at radius 3 is 2.38 bits per heavy atom. The Morgan fingerprint density at radius 2 is 1.76 bits per heavy atom. The van der Waals surface area contributed by atoms with E-state index in [1.54, 1.807) is 41.3 Å². The zero-order valence-electron chi connectivity index (χ0n) is 16.7. The first kappa shape index (κ1) is 21.1. The number of hydrogen-bond acceptors (Lipinski definition) is 5. The molecule has 8 heteroatoms. The van der Waals surface area contributed by atoms with Gasteiger partial charge in [0.05, 0.1) is 26.7 Å². The fourth-order valence-corrected chi connectivity index (χ4v) is 4.43. The maximum absolute atomic E-state index is 12.9. The van der Waals surface area contributed by atoms with Crippen LogP contribution in [0.25, 0.3) is 0 Å². The Labute approximate surface area is 171 Å². The van der Waals surface area contributed by atoms with Gasteiger partial charge < -0.3 is 14.4 Å². The predicted molar refractivity (Wildman–Crippen MR) is 111 cm³/mol. The van der Waals surface area contributed by atoms with Crippen LogP contribution in [0.1, 0.15) is 18.1 Å². The van der Waals surface area contributed by atoms with Gasteiger partial charge in [0.1, 0.15) is 10.6 Å². The van der Waals surface area contributed by atoms with Crippen molar-refractivity contribution in [2.75, 3.05) is 38.1 Å². The molecule has 0 unspecified atom stereocenters. The van der Waals surface area contributed by atoms with E-state index in [9.17, 15) is 13.2 Å². The van der Waals surface area contributed by atoms with Crippen LogP contribution in [0.5, 0.6) is 5.75 Å². The molecule has 1 heterocycles. The molecule has 7 nitrogen and oxygen atoms in total. The van der Waals surface area contributed by atoms with Crippen molar-refractivity contribution < 1.29 is 22.7 Å². The number of nitrogens with zero attached hydrogens (tertiary/aromatic N) is 1. The summed E-state index contributed by atoms with van der Waals surface area (Å²) in [5, 5.41) is 0. The SMILES string of the molecule is CCc1ccc(OC)c(S(=O)(=O)Nc2ccc(CC(=O)N3CCOCC3)cc2)c1. The largest absolute Gasteiger partial charge is 0.495 e. The number of nitrogens with one attached hydrogen (secondary N) is 1. The summed E-state index contributed by atoms with van der Waals surface area (Å²) < 4.78 is 38.8. The fourth-order valence-electron chi connectivity index (χ4n) is 3.15. The summed E-state index contributed by atoms with van der Waals surface area (Å²) in [6.45, 7) is 4.30. The first-order chi connectivity index (χ1) is 13.9. The molecule has 2 aromatic rings. The molecule has 1 aliphatic heterocycles. The normalized spacial score (nSPS) is 14.5. The van der Waals surface area contributed by atoms with Crippen LogP contribution in [0.3, 0.4) is 0 Å². The summed E-state index contributed by atoms with van der Waals surface area (Å²) in [4.78, 5) is 14.2. The van der Waals surface area contributed by atoms with Crippen LogP contribution < -0.4 is 9.46 Å². The molecule has 0 aromatic heterocycles. The van der Waals surface area contributed by atoms with Gasteiger partial charge in [-0.05, 0) is 41.8 Å². The lowest BCUT2D eigenvalue weighted by Gasteiger charge is -2.26. The number of rotatable bonds is 7. The van der Waals surface area contributed by atoms with Crippen LogP contribution >= 0.6 is 0 Å². The van der Waals surface area contributed by atoms with Gasteiger partial charge in [0.25, 0.3) is 10.0 Å². The smallest absolute Gasteiger partial charge is 0.265 e. The molecule has 1 N–H and O–H groups in total. The Bertz CT molecular complexity index is 952. The highest BCUT2D eigenvalue weighted by Gasteiger charge is 2.21. The van der Waals surface area contributed by atoms with Crippen LogP contribution in [-0.4, -0.2) is 52.6 Å². The van der Waals surface area contributed by atoms with E-state index < -0.39 is 10.0 Å². The number of sulfonamides is 1. The maximum atomic E-state index is 12.9. The third kappa shape index (κ3) is 5.27. The number of amides is 1. The zero-order chi connectivity index (χ0) is 20.9. The molecular weight excluding hydrogens is 392 g/mol. The molecule has 156 valence electrons. The van der Waals surface area contributed by atoms with E-state index in [0.29, 0.717) is 37.7 Å². The van der Waals surface area contributed by atoms with E-state index in [4.69, 9.17) is 9.47 Å². The summed E-state index contributed by atoms with van der Waals surface area (Å²) in [5.74, 6) is 0.338. The highest BCUT2D eigenvalue weighted by molar-refractivity contribution is 7.92. The van der Waals surface area contributed by atoms with Gasteiger partial charge in [-0.3, -0.25) is 9.52 Å². The Hall–Kier alpha value is -2.58. The van der Waals surface area contributed by atoms with Crippen LogP contribution in [0.2, 0.25) is 0 Å². The second-order valence-electron chi connectivity index (χ2n) is 6.81. The van der Waals surface area contributed by atoms with Crippen LogP contribution in [0.4, 0.5) is 5.69 Å². The van der Waals surface area contributed by atoms with Crippen molar-refractivity contribution in [1.29, 1.82) is 0 Å². The van der Waals surface area contributed by atoms with E-state index in [1.807, 2.05) is 13.0 Å². The molecule has 0 atom stereocenters. The fraction of sp³-hybridized carbons (Fsp3) is 0.381. The predicted octanol–water partition coefficient (Wildman–Crippen LogP) is 2.46. The zero-order valence-corrected chi connectivity index (χ0v) is 17.5. The summed E-state index contributed by atoms with van der Waals surface area (Å²) in [6, 6.07) is 12.0. The van der Waals surface area contributed by atoms with Crippen molar-refractivity contribution in [2.45, 2.75) is 24.7 Å². The Balaban J connectivity index is 1.71. The highest BCUT2D eigenvalue weighted by atomic mass is 32.2. The lowest BCUT2D eigenvalue weighted by molar-refractivity contribution is -0.134. The molecule has 0 aliphatic carbocycles. The second kappa shape index (κ2) is 9.28. The van der Waals surface area contributed by atoms with Crippen molar-refractivity contribution in [3.8, 4) is 5.75 Å². The average Bonchev–Trinajstić information content (AvgIpc) is 2.75. The van der Waals surface area contributed by atoms with Gasteiger partial charge in [-0.2, -0.15) is 0 Å². The van der Waals surface area contributed by atoms with Gasteiger partial charge in [-0.15, -0.1) is 0 Å². The standard InChI is InChI=1S/C21H26N2O5S/c1-3-16-6-9-19(27-2)20(14-16)29(25,26)22-18-7-4-17(5-8-18)15-21(24)23-10-12-28-13-11-23/h4-9,14,22H,3,10-13,15H2,1-2H3. The number of methoxy groups -OCH3 is 1. The van der Waals surface area contributed by atoms with E-state index >= 15 is 0 Å². The molecule has 1 fully saturated rings. The molecule has 1 saturated heterocycles. The monoisotopic (exact) mass is 418 g/mol. The summed E-state index contributed by atoms with van der Waals surface area (Å²) in [5.41, 5.74) is 2.16. The number of carbonyl (C=O) groups is 1. The number of aryl methyl sites for hydroxylation is 1. The molecule has 1 aliphatic rings. The van der Waals surface area contributed by atoms with Crippen molar-refractivity contribution >= 4 is 21.6 Å². The quantitative estimate of drug-likeness (QED) is 0.747. The van der Waals surface area contributed by atoms with Crippen LogP contribution in [-0.2, 0) is 32.4 Å². The van der Waals surface area contributed by atoms with Crippen molar-refractivity contribution in [3.63, 3.8) is 0 Å². The first-order valence-electron chi connectivity index (χ1n) is 9.57. The highest BCUT2D eigenvalue weighted by Crippen LogP contribution is 2.27. The number of anilines is 1. The number of carbonyl (C=O) groups excluding carboxylic acids is 1. The molecule has 0 bridgehead atoms. The molecule has 2 aromatic carbocycles. The van der Waals surface area contributed by atoms with Crippen LogP contribution in [0, 0.1) is 0 Å². The summed E-state index contributed by atoms with van der Waals surface area (Å²) in [6.07, 6.45) is 0.998. The third-order valence-corrected chi connectivity index (χ3v) is 6.25. The molecular formula is C21H26N2O5S. The second-order valence-corrected chi connectivity index (χ2v) is 8.46. The van der Waals surface area contributed by atoms with Gasteiger partial charge in [0, 0.05) is 18.8 Å². The van der Waals surface area contributed by atoms with E-state index in [-0.39, 0.29) is 17.2 Å². The van der Waals surface area contributed by atoms with Gasteiger partial charge >= 0.3 is 0 Å². The number of hydrogen-bond donors (Lipinski definition) is 1. The molecule has 0 radical (unpaired) electrons. The lowest BCUT2D eigenvalue weighted by atomic mass is 10.1. The molecule has 3 rings (SSSR count). The molecule has 0 saturated carbocycles. The van der Waals surface area contributed by atoms with E-state index in [0.717, 1.165) is 17.5 Å². The Morgan fingerprint density at radius 1 is 1.10 bits per heavy atom. The number of benzene rings is 2. The van der Waals surface area contributed by atoms with Gasteiger partial charge in [-0.25, -0.2) is 8.42 Å². The van der Waals surface area contributed by atoms with Crippen molar-refractivity contribution in [1.82, 2.24) is 4.90 Å². The number of morpholine rings is 1. The summed E-state index contributed by atoms with van der Waals surface area (Å²) >= 11 is 0. The molecule has 1 amide bonds. The van der Waals surface area contributed by atoms with Crippen LogP contribution in [0.15, 0.2) is 47.4 Å². The van der Waals surface area contributed by atoms with Gasteiger partial charge in [0.15, 0.2) is 0 Å². The average molecular weight is 419 g/mol.